The zero-order valence-electron chi connectivity index (χ0n) is 16.0. The Morgan fingerprint density at radius 2 is 1.44 bits per heavy atom. The summed E-state index contributed by atoms with van der Waals surface area (Å²) in [5, 5.41) is 0. The van der Waals surface area contributed by atoms with Crippen molar-refractivity contribution in [1.29, 1.82) is 0 Å². The number of nitrogens with two attached hydrogens (primary N) is 2. The molecule has 25 heavy (non-hydrogen) atoms. The monoisotopic (exact) mass is 346 g/mol. The van der Waals surface area contributed by atoms with Crippen LogP contribution in [0.4, 0.5) is 4.79 Å². The van der Waals surface area contributed by atoms with E-state index in [1.54, 1.807) is 6.07 Å². The first-order valence-electron chi connectivity index (χ1n) is 8.02. The third-order valence-corrected chi connectivity index (χ3v) is 3.66. The van der Waals surface area contributed by atoms with E-state index in [-0.39, 0.29) is 5.41 Å². The normalized spacial score (nSPS) is 9.76. The molecule has 0 saturated heterocycles. The Kier molecular flexibility index (Phi) is 10.2. The van der Waals surface area contributed by atoms with Crippen molar-refractivity contribution < 1.29 is 14.3 Å². The lowest BCUT2D eigenvalue weighted by Gasteiger charge is -2.26. The molecular formula is C20H30N2O3. The number of carbonyl (C=O) groups excluding carboxylic acids is 1. The van der Waals surface area contributed by atoms with Gasteiger partial charge in [0.15, 0.2) is 0 Å². The minimum Gasteiger partial charge on any atom is -0.437 e. The van der Waals surface area contributed by atoms with Crippen LogP contribution in [0.25, 0.3) is 0 Å². The van der Waals surface area contributed by atoms with Crippen LogP contribution >= 0.6 is 0 Å². The van der Waals surface area contributed by atoms with E-state index in [4.69, 9.17) is 4.74 Å². The van der Waals surface area contributed by atoms with Gasteiger partial charge in [0.2, 0.25) is 0 Å². The van der Waals surface area contributed by atoms with Crippen molar-refractivity contribution in [1.82, 2.24) is 0 Å². The van der Waals surface area contributed by atoms with Gasteiger partial charge in [-0.15, -0.1) is 0 Å². The summed E-state index contributed by atoms with van der Waals surface area (Å²) in [6.45, 7) is 6.38. The summed E-state index contributed by atoms with van der Waals surface area (Å²) in [5.74, 6) is 0.486. The van der Waals surface area contributed by atoms with Gasteiger partial charge in [0, 0.05) is 5.41 Å². The molecule has 5 nitrogen and oxygen atoms in total. The summed E-state index contributed by atoms with van der Waals surface area (Å²) in [6, 6.07) is 16.0. The van der Waals surface area contributed by atoms with E-state index in [2.05, 4.69) is 61.2 Å². The van der Waals surface area contributed by atoms with Crippen molar-refractivity contribution >= 4 is 6.16 Å². The van der Waals surface area contributed by atoms with Crippen molar-refractivity contribution in [3.8, 4) is 5.75 Å². The summed E-state index contributed by atoms with van der Waals surface area (Å²) in [7, 11) is 4.29. The summed E-state index contributed by atoms with van der Waals surface area (Å²) in [5.41, 5.74) is 12.3. The Labute approximate surface area is 150 Å². The number of rotatable bonds is 3. The average molecular weight is 346 g/mol. The van der Waals surface area contributed by atoms with E-state index in [1.165, 1.54) is 32.3 Å². The highest BCUT2D eigenvalue weighted by atomic mass is 16.7. The predicted octanol–water partition coefficient (Wildman–Crippen LogP) is 3.62. The van der Waals surface area contributed by atoms with Gasteiger partial charge in [0.1, 0.15) is 5.75 Å². The highest BCUT2D eigenvalue weighted by molar-refractivity contribution is 5.63. The molecule has 5 heteroatoms. The van der Waals surface area contributed by atoms with Crippen molar-refractivity contribution in [3.63, 3.8) is 0 Å². The van der Waals surface area contributed by atoms with Gasteiger partial charge in [0.05, 0.1) is 7.11 Å². The van der Waals surface area contributed by atoms with Gasteiger partial charge >= 0.3 is 6.16 Å². The van der Waals surface area contributed by atoms with Crippen molar-refractivity contribution in [2.24, 2.45) is 11.5 Å². The van der Waals surface area contributed by atoms with Gasteiger partial charge in [0.25, 0.3) is 0 Å². The van der Waals surface area contributed by atoms with Crippen LogP contribution in [0.2, 0.25) is 0 Å². The third kappa shape index (κ3) is 6.57. The lowest BCUT2D eigenvalue weighted by molar-refractivity contribution is 0.121. The van der Waals surface area contributed by atoms with Gasteiger partial charge in [-0.1, -0.05) is 55.8 Å². The Bertz CT molecular complexity index is 655. The molecule has 0 aliphatic heterocycles. The fraction of sp³-hybridized carbons (Fsp3) is 0.350. The number of ether oxygens (including phenoxy) is 2. The maximum absolute atomic E-state index is 11.2. The van der Waals surface area contributed by atoms with Crippen LogP contribution in [0.15, 0.2) is 48.5 Å². The minimum absolute atomic E-state index is 0.179. The summed E-state index contributed by atoms with van der Waals surface area (Å²) < 4.78 is 9.62. The molecule has 0 aliphatic rings. The largest absolute Gasteiger partial charge is 0.513 e. The fourth-order valence-corrected chi connectivity index (χ4v) is 2.29. The smallest absolute Gasteiger partial charge is 0.437 e. The van der Waals surface area contributed by atoms with E-state index in [0.717, 1.165) is 5.56 Å². The summed E-state index contributed by atoms with van der Waals surface area (Å²) in [4.78, 5) is 11.2. The Balaban J connectivity index is 0.00000134. The number of hydrogen-bond acceptors (Lipinski definition) is 5. The third-order valence-electron chi connectivity index (χ3n) is 3.66. The molecule has 0 aliphatic carbocycles. The molecule has 0 aromatic heterocycles. The SMILES string of the molecule is CN.CN.COC(=O)Oc1cccc(C(C)(C)c2cccc(C)c2)c1. The predicted molar refractivity (Wildman–Crippen MR) is 103 cm³/mol. The van der Waals surface area contributed by atoms with E-state index in [0.29, 0.717) is 5.75 Å². The van der Waals surface area contributed by atoms with Crippen LogP contribution in [0.3, 0.4) is 0 Å². The second-order valence-electron chi connectivity index (χ2n) is 5.58. The van der Waals surface area contributed by atoms with E-state index in [1.807, 2.05) is 18.2 Å². The quantitative estimate of drug-likeness (QED) is 0.655. The molecule has 0 heterocycles. The molecule has 4 N–H and O–H groups in total. The highest BCUT2D eigenvalue weighted by Gasteiger charge is 2.23. The molecular weight excluding hydrogens is 316 g/mol. The highest BCUT2D eigenvalue weighted by Crippen LogP contribution is 2.33. The van der Waals surface area contributed by atoms with E-state index in [9.17, 15) is 4.79 Å². The fourth-order valence-electron chi connectivity index (χ4n) is 2.29. The first-order chi connectivity index (χ1) is 11.9. The number of methoxy groups -OCH3 is 1. The second-order valence-corrected chi connectivity index (χ2v) is 5.58. The van der Waals surface area contributed by atoms with Gasteiger partial charge in [-0.05, 0) is 44.3 Å². The number of hydrogen-bond donors (Lipinski definition) is 2. The number of aryl methyl sites for hydroxylation is 1. The maximum atomic E-state index is 11.2. The van der Waals surface area contributed by atoms with Crippen LogP contribution in [0.1, 0.15) is 30.5 Å². The molecule has 0 unspecified atom stereocenters. The summed E-state index contributed by atoms with van der Waals surface area (Å²) in [6.07, 6.45) is -0.708. The van der Waals surface area contributed by atoms with Crippen molar-refractivity contribution in [3.05, 3.63) is 65.2 Å². The van der Waals surface area contributed by atoms with Crippen molar-refractivity contribution in [2.45, 2.75) is 26.2 Å². The molecule has 2 rings (SSSR count). The molecule has 2 aromatic rings. The molecule has 0 fully saturated rings. The van der Waals surface area contributed by atoms with E-state index >= 15 is 0 Å². The molecule has 0 bridgehead atoms. The number of benzene rings is 2. The molecule has 2 aromatic carbocycles. The van der Waals surface area contributed by atoms with Crippen LogP contribution in [0.5, 0.6) is 5.75 Å². The Morgan fingerprint density at radius 3 is 1.96 bits per heavy atom. The van der Waals surface area contributed by atoms with Crippen molar-refractivity contribution in [2.75, 3.05) is 21.2 Å². The topological polar surface area (TPSA) is 87.6 Å². The number of carbonyl (C=O) groups is 1. The zero-order chi connectivity index (χ0) is 19.5. The Hall–Kier alpha value is -2.37. The van der Waals surface area contributed by atoms with Crippen LogP contribution in [0, 0.1) is 6.92 Å². The minimum atomic E-state index is -0.708. The van der Waals surface area contributed by atoms with Crippen LogP contribution in [-0.4, -0.2) is 27.4 Å². The van der Waals surface area contributed by atoms with Crippen LogP contribution in [-0.2, 0) is 10.2 Å². The molecule has 0 amide bonds. The van der Waals surface area contributed by atoms with Gasteiger partial charge in [-0.2, -0.15) is 0 Å². The second kappa shape index (κ2) is 11.2. The molecule has 138 valence electrons. The Morgan fingerprint density at radius 1 is 0.920 bits per heavy atom. The standard InChI is InChI=1S/C18H20O3.2CH5N/c1-13-7-5-8-14(11-13)18(2,3)15-9-6-10-16(12-15)21-17(19)20-4;2*1-2/h5-12H,1-4H3;2*2H2,1H3. The summed E-state index contributed by atoms with van der Waals surface area (Å²) >= 11 is 0. The van der Waals surface area contributed by atoms with E-state index < -0.39 is 6.16 Å². The molecule has 0 radical (unpaired) electrons. The average Bonchev–Trinajstić information content (AvgIpc) is 2.65. The lowest BCUT2D eigenvalue weighted by Crippen LogP contribution is -2.19. The molecule has 0 spiro atoms. The van der Waals surface area contributed by atoms with Gasteiger partial charge in [-0.25, -0.2) is 4.79 Å². The maximum Gasteiger partial charge on any atom is 0.513 e. The molecule has 0 atom stereocenters. The lowest BCUT2D eigenvalue weighted by atomic mass is 9.78. The van der Waals surface area contributed by atoms with Crippen LogP contribution < -0.4 is 16.2 Å². The van der Waals surface area contributed by atoms with Gasteiger partial charge in [-0.3, -0.25) is 0 Å². The zero-order valence-corrected chi connectivity index (χ0v) is 16.0. The first kappa shape index (κ1) is 22.6. The first-order valence-corrected chi connectivity index (χ1v) is 8.02. The van der Waals surface area contributed by atoms with Gasteiger partial charge < -0.3 is 20.9 Å². The molecule has 0 saturated carbocycles.